The molecule has 28 heavy (non-hydrogen) atoms. The van der Waals surface area contributed by atoms with Gasteiger partial charge in [-0.3, -0.25) is 0 Å². The maximum atomic E-state index is 10.2. The van der Waals surface area contributed by atoms with Gasteiger partial charge in [-0.2, -0.15) is 15.1 Å². The van der Waals surface area contributed by atoms with E-state index in [1.165, 1.54) is 0 Å². The second-order valence-electron chi connectivity index (χ2n) is 6.50. The number of hydrogen-bond donors (Lipinski definition) is 6. The minimum atomic E-state index is -1.11. The van der Waals surface area contributed by atoms with E-state index in [0.717, 1.165) is 5.56 Å². The Hall–Kier alpha value is -2.37. The quantitative estimate of drug-likeness (QED) is 0.305. The highest BCUT2D eigenvalue weighted by molar-refractivity contribution is 6.32. The molecule has 0 spiro atoms. The lowest BCUT2D eigenvalue weighted by molar-refractivity contribution is 0.00446. The monoisotopic (exact) mass is 408 g/mol. The molecule has 1 heterocycles. The summed E-state index contributed by atoms with van der Waals surface area (Å²) in [6.07, 6.45) is -1.85. The molecule has 2 aromatic rings. The molecule has 0 radical (unpaired) electrons. The highest BCUT2D eigenvalue weighted by Crippen LogP contribution is 2.36. The number of aliphatic hydroxyl groups excluding tert-OH is 4. The van der Waals surface area contributed by atoms with Crippen LogP contribution in [-0.4, -0.2) is 55.3 Å². The van der Waals surface area contributed by atoms with Crippen molar-refractivity contribution in [3.05, 3.63) is 35.0 Å². The number of nitrogen functional groups attached to an aromatic ring is 1. The van der Waals surface area contributed by atoms with Crippen LogP contribution < -0.4 is 11.1 Å². The highest BCUT2D eigenvalue weighted by Gasteiger charge is 2.41. The molecule has 7 N–H and O–H groups in total. The Balaban J connectivity index is 1.86. The molecule has 0 amide bonds. The van der Waals surface area contributed by atoms with Gasteiger partial charge in [-0.25, -0.2) is 0 Å². The topological polar surface area (TPSA) is 169 Å². The first-order valence-electron chi connectivity index (χ1n) is 8.61. The van der Waals surface area contributed by atoms with E-state index in [1.807, 2.05) is 0 Å². The second kappa shape index (κ2) is 8.76. The Kier molecular flexibility index (Phi) is 6.37. The number of aliphatic hydroxyl groups is 4. The summed E-state index contributed by atoms with van der Waals surface area (Å²) in [7, 11) is 0. The number of anilines is 2. The summed E-state index contributed by atoms with van der Waals surface area (Å²) in [5.74, 6) is -0.397. The molecule has 0 aliphatic heterocycles. The zero-order valence-corrected chi connectivity index (χ0v) is 15.5. The van der Waals surface area contributed by atoms with Gasteiger partial charge in [0.05, 0.1) is 24.4 Å². The number of hydrogen-bond acceptors (Lipinski definition) is 10. The first-order chi connectivity index (χ1) is 13.4. The van der Waals surface area contributed by atoms with Gasteiger partial charge in [0.2, 0.25) is 5.95 Å². The third-order valence-electron chi connectivity index (χ3n) is 4.60. The molecule has 4 atom stereocenters. The molecule has 0 unspecified atom stereocenters. The van der Waals surface area contributed by atoms with Gasteiger partial charge < -0.3 is 31.5 Å². The van der Waals surface area contributed by atoms with E-state index in [9.17, 15) is 15.3 Å². The van der Waals surface area contributed by atoms with Crippen LogP contribution in [0.1, 0.15) is 12.0 Å². The number of rotatable bonds is 6. The molecule has 1 saturated carbocycles. The Morgan fingerprint density at radius 2 is 1.82 bits per heavy atom. The third kappa shape index (κ3) is 4.37. The maximum absolute atomic E-state index is 10.2. The fourth-order valence-corrected chi connectivity index (χ4v) is 3.25. The standard InChI is InChI=1S/C17H21ClN6O4/c18-15-12(24-23-10-3-1-8(6-25)2-4-10)16(22-17(19)21-15)20-11-5-9(7-26)13(27)14(11)28/h1-4,9,11,13-14,25-28H,5-7H2,(H3,19,20,21,22)/t9-,11-,13-,14+/m1/s1. The van der Waals surface area contributed by atoms with Crippen molar-refractivity contribution in [2.75, 3.05) is 17.7 Å². The SMILES string of the molecule is Nc1nc(Cl)c(N=Nc2ccc(CO)cc2)c(N[C@@H]2C[C@H](CO)[C@@H](O)[C@H]2O)n1. The Bertz CT molecular complexity index is 850. The molecule has 1 aliphatic rings. The largest absolute Gasteiger partial charge is 0.396 e. The van der Waals surface area contributed by atoms with Crippen molar-refractivity contribution < 1.29 is 20.4 Å². The zero-order chi connectivity index (χ0) is 20.3. The summed E-state index contributed by atoms with van der Waals surface area (Å²) in [6.45, 7) is -0.326. The van der Waals surface area contributed by atoms with Crippen LogP contribution in [0.5, 0.6) is 0 Å². The van der Waals surface area contributed by atoms with E-state index >= 15 is 0 Å². The number of azo groups is 1. The predicted molar refractivity (Wildman–Crippen MR) is 103 cm³/mol. The van der Waals surface area contributed by atoms with Crippen LogP contribution in [0.25, 0.3) is 0 Å². The normalized spacial score (nSPS) is 24.8. The van der Waals surface area contributed by atoms with Crippen LogP contribution in [0.15, 0.2) is 34.5 Å². The van der Waals surface area contributed by atoms with Gasteiger partial charge in [0, 0.05) is 12.5 Å². The lowest BCUT2D eigenvalue weighted by atomic mass is 10.1. The zero-order valence-electron chi connectivity index (χ0n) is 14.8. The van der Waals surface area contributed by atoms with E-state index in [4.69, 9.17) is 22.4 Å². The molecule has 3 rings (SSSR count). The lowest BCUT2D eigenvalue weighted by Crippen LogP contribution is -2.35. The van der Waals surface area contributed by atoms with Crippen LogP contribution in [0, 0.1) is 5.92 Å². The van der Waals surface area contributed by atoms with E-state index in [-0.39, 0.29) is 35.8 Å². The van der Waals surface area contributed by atoms with Gasteiger partial charge in [0.15, 0.2) is 16.7 Å². The maximum Gasteiger partial charge on any atom is 0.223 e. The van der Waals surface area contributed by atoms with Gasteiger partial charge in [-0.05, 0) is 24.1 Å². The number of nitrogens with one attached hydrogen (secondary N) is 1. The minimum absolute atomic E-state index is 0.0301. The molecule has 1 aliphatic carbocycles. The van der Waals surface area contributed by atoms with Crippen molar-refractivity contribution in [3.63, 3.8) is 0 Å². The predicted octanol–water partition coefficient (Wildman–Crippen LogP) is 1.13. The molecule has 1 aromatic carbocycles. The molecular weight excluding hydrogens is 388 g/mol. The van der Waals surface area contributed by atoms with E-state index < -0.39 is 24.2 Å². The minimum Gasteiger partial charge on any atom is -0.396 e. The molecule has 1 aromatic heterocycles. The Morgan fingerprint density at radius 1 is 1.11 bits per heavy atom. The average molecular weight is 409 g/mol. The van der Waals surface area contributed by atoms with Crippen molar-refractivity contribution in [1.82, 2.24) is 9.97 Å². The van der Waals surface area contributed by atoms with Crippen molar-refractivity contribution in [2.24, 2.45) is 16.1 Å². The summed E-state index contributed by atoms with van der Waals surface area (Å²) >= 11 is 6.15. The van der Waals surface area contributed by atoms with Crippen LogP contribution in [0.4, 0.5) is 23.1 Å². The van der Waals surface area contributed by atoms with Crippen LogP contribution in [0.3, 0.4) is 0 Å². The van der Waals surface area contributed by atoms with E-state index in [0.29, 0.717) is 12.1 Å². The van der Waals surface area contributed by atoms with Crippen molar-refractivity contribution >= 4 is 34.7 Å². The molecule has 0 bridgehead atoms. The summed E-state index contributed by atoms with van der Waals surface area (Å²) in [6, 6.07) is 6.18. The molecule has 11 heteroatoms. The Labute approximate surface area is 165 Å². The van der Waals surface area contributed by atoms with Crippen LogP contribution >= 0.6 is 11.6 Å². The molecule has 1 fully saturated rings. The number of aromatic nitrogens is 2. The molecule has 150 valence electrons. The number of nitrogens with zero attached hydrogens (tertiary/aromatic N) is 4. The van der Waals surface area contributed by atoms with Crippen LogP contribution in [-0.2, 0) is 6.61 Å². The number of benzene rings is 1. The van der Waals surface area contributed by atoms with Gasteiger partial charge >= 0.3 is 0 Å². The van der Waals surface area contributed by atoms with Gasteiger partial charge in [-0.15, -0.1) is 5.11 Å². The van der Waals surface area contributed by atoms with Gasteiger partial charge in [-0.1, -0.05) is 23.7 Å². The van der Waals surface area contributed by atoms with Crippen molar-refractivity contribution in [2.45, 2.75) is 31.3 Å². The molecule has 10 nitrogen and oxygen atoms in total. The summed E-state index contributed by atoms with van der Waals surface area (Å²) in [4.78, 5) is 7.94. The third-order valence-corrected chi connectivity index (χ3v) is 4.87. The molecule has 0 saturated heterocycles. The van der Waals surface area contributed by atoms with E-state index in [2.05, 4.69) is 25.5 Å². The van der Waals surface area contributed by atoms with Gasteiger partial charge in [0.25, 0.3) is 0 Å². The summed E-state index contributed by atoms with van der Waals surface area (Å²) < 4.78 is 0. The fourth-order valence-electron chi connectivity index (χ4n) is 3.03. The lowest BCUT2D eigenvalue weighted by Gasteiger charge is -2.19. The first-order valence-corrected chi connectivity index (χ1v) is 8.98. The van der Waals surface area contributed by atoms with Crippen LogP contribution in [0.2, 0.25) is 5.15 Å². The summed E-state index contributed by atoms with van der Waals surface area (Å²) in [5, 5.41) is 49.7. The number of halogens is 1. The number of nitrogens with two attached hydrogens (primary N) is 1. The second-order valence-corrected chi connectivity index (χ2v) is 6.86. The average Bonchev–Trinajstić information content (AvgIpc) is 2.95. The molecular formula is C17H21ClN6O4. The summed E-state index contributed by atoms with van der Waals surface area (Å²) in [5.41, 5.74) is 7.04. The Morgan fingerprint density at radius 3 is 2.43 bits per heavy atom. The van der Waals surface area contributed by atoms with Crippen molar-refractivity contribution in [1.29, 1.82) is 0 Å². The highest BCUT2D eigenvalue weighted by atomic mass is 35.5. The fraction of sp³-hybridized carbons (Fsp3) is 0.412. The van der Waals surface area contributed by atoms with Crippen molar-refractivity contribution in [3.8, 4) is 0 Å². The van der Waals surface area contributed by atoms with E-state index in [1.54, 1.807) is 24.3 Å². The first kappa shape index (κ1) is 20.4. The smallest absolute Gasteiger partial charge is 0.223 e. The van der Waals surface area contributed by atoms with Gasteiger partial charge in [0.1, 0.15) is 6.10 Å².